The fourth-order valence-corrected chi connectivity index (χ4v) is 1.16. The van der Waals surface area contributed by atoms with Crippen molar-refractivity contribution in [2.24, 2.45) is 0 Å². The van der Waals surface area contributed by atoms with Gasteiger partial charge in [-0.2, -0.15) is 0 Å². The smallest absolute Gasteiger partial charge is 0.146 e. The molecule has 86 valence electrons. The first-order valence-electron chi connectivity index (χ1n) is 5.05. The predicted molar refractivity (Wildman–Crippen MR) is 64.2 cm³/mol. The summed E-state index contributed by atoms with van der Waals surface area (Å²) in [5.41, 5.74) is 2.18. The number of hydrogen-bond acceptors (Lipinski definition) is 2. The van der Waals surface area contributed by atoms with Crippen LogP contribution in [0.5, 0.6) is 0 Å². The zero-order valence-electron chi connectivity index (χ0n) is 9.84. The molecule has 0 saturated heterocycles. The van der Waals surface area contributed by atoms with Crippen molar-refractivity contribution in [3.05, 3.63) is 34.3 Å². The molecule has 2 nitrogen and oxygen atoms in total. The van der Waals surface area contributed by atoms with Gasteiger partial charge in [0.1, 0.15) is 6.79 Å². The molecule has 0 bridgehead atoms. The lowest BCUT2D eigenvalue weighted by atomic mass is 10.1. The van der Waals surface area contributed by atoms with Crippen molar-refractivity contribution in [3.63, 3.8) is 0 Å². The molecule has 0 aliphatic rings. The van der Waals surface area contributed by atoms with Crippen molar-refractivity contribution >= 4 is 11.6 Å². The van der Waals surface area contributed by atoms with E-state index in [-0.39, 0.29) is 0 Å². The van der Waals surface area contributed by atoms with Crippen LogP contribution in [0.15, 0.2) is 18.2 Å². The minimum Gasteiger partial charge on any atom is -0.359 e. The van der Waals surface area contributed by atoms with Gasteiger partial charge >= 0.3 is 0 Å². The van der Waals surface area contributed by atoms with Gasteiger partial charge in [-0.25, -0.2) is 0 Å². The van der Waals surface area contributed by atoms with E-state index in [1.54, 1.807) is 7.11 Å². The van der Waals surface area contributed by atoms with E-state index in [9.17, 15) is 0 Å². The highest BCUT2D eigenvalue weighted by molar-refractivity contribution is 6.31. The summed E-state index contributed by atoms with van der Waals surface area (Å²) in [6, 6.07) is 5.84. The first kappa shape index (κ1) is 14.4. The monoisotopic (exact) mass is 230 g/mol. The Labute approximate surface area is 97.2 Å². The van der Waals surface area contributed by atoms with Crippen molar-refractivity contribution in [3.8, 4) is 0 Å². The van der Waals surface area contributed by atoms with E-state index in [1.165, 1.54) is 0 Å². The Morgan fingerprint density at radius 3 is 2.47 bits per heavy atom. The van der Waals surface area contributed by atoms with Gasteiger partial charge in [-0.05, 0) is 24.1 Å². The maximum atomic E-state index is 5.88. The largest absolute Gasteiger partial charge is 0.359 e. The van der Waals surface area contributed by atoms with Gasteiger partial charge in [0, 0.05) is 12.1 Å². The third kappa shape index (κ3) is 5.78. The van der Waals surface area contributed by atoms with Crippen LogP contribution in [0.25, 0.3) is 0 Å². The second kappa shape index (κ2) is 8.72. The molecule has 1 rings (SSSR count). The molecule has 0 aromatic heterocycles. The van der Waals surface area contributed by atoms with Gasteiger partial charge in [0.15, 0.2) is 0 Å². The average Bonchev–Trinajstić information content (AvgIpc) is 2.27. The third-order valence-corrected chi connectivity index (χ3v) is 2.12. The van der Waals surface area contributed by atoms with E-state index < -0.39 is 0 Å². The normalized spacial score (nSPS) is 9.40. The lowest BCUT2D eigenvalue weighted by Gasteiger charge is -2.04. The van der Waals surface area contributed by atoms with E-state index in [0.29, 0.717) is 13.4 Å². The summed E-state index contributed by atoms with van der Waals surface area (Å²) in [5.74, 6) is 0. The summed E-state index contributed by atoms with van der Waals surface area (Å²) in [6.45, 7) is 6.86. The van der Waals surface area contributed by atoms with Crippen LogP contribution >= 0.6 is 11.6 Å². The first-order valence-corrected chi connectivity index (χ1v) is 5.43. The molecule has 0 atom stereocenters. The highest BCUT2D eigenvalue weighted by Crippen LogP contribution is 2.16. The second-order valence-corrected chi connectivity index (χ2v) is 3.25. The number of benzene rings is 1. The van der Waals surface area contributed by atoms with Crippen LogP contribution in [-0.4, -0.2) is 13.9 Å². The van der Waals surface area contributed by atoms with Crippen LogP contribution in [-0.2, 0) is 16.1 Å². The number of rotatable bonds is 4. The third-order valence-electron chi connectivity index (χ3n) is 1.69. The summed E-state index contributed by atoms with van der Waals surface area (Å²) in [4.78, 5) is 0. The van der Waals surface area contributed by atoms with E-state index in [0.717, 1.165) is 16.1 Å². The Morgan fingerprint density at radius 1 is 1.27 bits per heavy atom. The van der Waals surface area contributed by atoms with Gasteiger partial charge in [0.05, 0.1) is 6.61 Å². The van der Waals surface area contributed by atoms with Crippen molar-refractivity contribution in [1.82, 2.24) is 0 Å². The average molecular weight is 231 g/mol. The lowest BCUT2D eigenvalue weighted by molar-refractivity contribution is -0.0390. The van der Waals surface area contributed by atoms with E-state index in [1.807, 2.05) is 39.0 Å². The predicted octanol–water partition coefficient (Wildman–Crippen LogP) is 3.80. The number of ether oxygens (including phenoxy) is 2. The second-order valence-electron chi connectivity index (χ2n) is 2.84. The van der Waals surface area contributed by atoms with Gasteiger partial charge in [-0.3, -0.25) is 0 Å². The maximum Gasteiger partial charge on any atom is 0.146 e. The number of aryl methyl sites for hydroxylation is 1. The van der Waals surface area contributed by atoms with Crippen molar-refractivity contribution in [2.45, 2.75) is 27.4 Å². The molecule has 15 heavy (non-hydrogen) atoms. The summed E-state index contributed by atoms with van der Waals surface area (Å²) in [5, 5.41) is 0.787. The van der Waals surface area contributed by atoms with Gasteiger partial charge in [-0.1, -0.05) is 37.6 Å². The zero-order valence-corrected chi connectivity index (χ0v) is 10.6. The van der Waals surface area contributed by atoms with E-state index in [4.69, 9.17) is 21.1 Å². The highest BCUT2D eigenvalue weighted by atomic mass is 35.5. The quantitative estimate of drug-likeness (QED) is 0.579. The minimum absolute atomic E-state index is 0.321. The summed E-state index contributed by atoms with van der Waals surface area (Å²) in [6.07, 6.45) is 0. The molecule has 0 spiro atoms. The Morgan fingerprint density at radius 2 is 1.93 bits per heavy atom. The van der Waals surface area contributed by atoms with E-state index in [2.05, 4.69) is 0 Å². The summed E-state index contributed by atoms with van der Waals surface area (Å²) < 4.78 is 9.97. The van der Waals surface area contributed by atoms with Crippen LogP contribution in [0.2, 0.25) is 5.02 Å². The van der Waals surface area contributed by atoms with Crippen LogP contribution in [0.3, 0.4) is 0 Å². The summed E-state index contributed by atoms with van der Waals surface area (Å²) in [7, 11) is 1.60. The molecule has 1 aromatic carbocycles. The maximum absolute atomic E-state index is 5.88. The van der Waals surface area contributed by atoms with Gasteiger partial charge in [-0.15, -0.1) is 0 Å². The van der Waals surface area contributed by atoms with Gasteiger partial charge < -0.3 is 9.47 Å². The van der Waals surface area contributed by atoms with Gasteiger partial charge in [0.2, 0.25) is 0 Å². The van der Waals surface area contributed by atoms with Crippen molar-refractivity contribution in [1.29, 1.82) is 0 Å². The number of halogens is 1. The fraction of sp³-hybridized carbons (Fsp3) is 0.500. The standard InChI is InChI=1S/C10H13ClO2.C2H6/c1-8-5-9(3-4-10(8)11)6-13-7-12-2;1-2/h3-5H,6-7H2,1-2H3;1-2H3. The molecule has 0 saturated carbocycles. The molecule has 1 aromatic rings. The van der Waals surface area contributed by atoms with Crippen LogP contribution in [0.4, 0.5) is 0 Å². The van der Waals surface area contributed by atoms with Crippen molar-refractivity contribution in [2.75, 3.05) is 13.9 Å². The Kier molecular flexibility index (Phi) is 8.38. The Hall–Kier alpha value is -0.570. The Bertz CT molecular complexity index is 274. The molecule has 0 aliphatic carbocycles. The van der Waals surface area contributed by atoms with Crippen LogP contribution in [0.1, 0.15) is 25.0 Å². The van der Waals surface area contributed by atoms with Crippen molar-refractivity contribution < 1.29 is 9.47 Å². The zero-order chi connectivity index (χ0) is 11.7. The number of methoxy groups -OCH3 is 1. The molecule has 0 N–H and O–H groups in total. The first-order chi connectivity index (χ1) is 7.24. The molecular formula is C12H19ClO2. The van der Waals surface area contributed by atoms with Gasteiger partial charge in [0.25, 0.3) is 0 Å². The number of hydrogen-bond donors (Lipinski definition) is 0. The topological polar surface area (TPSA) is 18.5 Å². The SMILES string of the molecule is CC.COCOCc1ccc(Cl)c(C)c1. The fourth-order valence-electron chi connectivity index (χ4n) is 1.04. The highest BCUT2D eigenvalue weighted by Gasteiger charge is 1.97. The lowest BCUT2D eigenvalue weighted by Crippen LogP contribution is -1.97. The molecule has 0 aliphatic heterocycles. The molecule has 0 radical (unpaired) electrons. The molecular weight excluding hydrogens is 212 g/mol. The molecule has 0 heterocycles. The Balaban J connectivity index is 0.000000921. The molecule has 0 amide bonds. The van der Waals surface area contributed by atoms with Crippen LogP contribution < -0.4 is 0 Å². The van der Waals surface area contributed by atoms with E-state index >= 15 is 0 Å². The molecule has 3 heteroatoms. The molecule has 0 fully saturated rings. The minimum atomic E-state index is 0.321. The summed E-state index contributed by atoms with van der Waals surface area (Å²) >= 11 is 5.88. The van der Waals surface area contributed by atoms with Crippen LogP contribution in [0, 0.1) is 6.92 Å². The molecule has 0 unspecified atom stereocenters.